The normalized spacial score (nSPS) is 16.6. The van der Waals surface area contributed by atoms with Gasteiger partial charge >= 0.3 is 6.03 Å². The number of amides is 2. The minimum absolute atomic E-state index is 0.0211. The summed E-state index contributed by atoms with van der Waals surface area (Å²) in [5, 5.41) is 3.83. The minimum Gasteiger partial charge on any atom is -0.320 e. The van der Waals surface area contributed by atoms with Gasteiger partial charge in [0.2, 0.25) is 0 Å². The van der Waals surface area contributed by atoms with Gasteiger partial charge in [-0.3, -0.25) is 4.79 Å². The van der Waals surface area contributed by atoms with Crippen molar-refractivity contribution in [2.24, 2.45) is 7.05 Å². The Morgan fingerprint density at radius 2 is 2.21 bits per heavy atom. The van der Waals surface area contributed by atoms with E-state index in [0.717, 1.165) is 35.5 Å². The van der Waals surface area contributed by atoms with E-state index in [-0.39, 0.29) is 17.6 Å². The maximum Gasteiger partial charge on any atom is 0.322 e. The number of nitrogens with zero attached hydrogens (tertiary/aromatic N) is 3. The topological polar surface area (TPSA) is 67.2 Å². The van der Waals surface area contributed by atoms with Gasteiger partial charge in [0.15, 0.2) is 0 Å². The fourth-order valence-electron chi connectivity index (χ4n) is 3.10. The number of fused-ring (bicyclic) bond motifs is 1. The van der Waals surface area contributed by atoms with Gasteiger partial charge in [0.25, 0.3) is 5.56 Å². The molecule has 6 nitrogen and oxygen atoms in total. The van der Waals surface area contributed by atoms with E-state index in [1.165, 1.54) is 9.44 Å². The first-order chi connectivity index (χ1) is 11.4. The van der Waals surface area contributed by atoms with Gasteiger partial charge in [0.1, 0.15) is 5.69 Å². The molecule has 128 valence electrons. The van der Waals surface area contributed by atoms with Crippen molar-refractivity contribution in [3.05, 3.63) is 43.8 Å². The Labute approximate surface area is 145 Å². The molecule has 1 aliphatic carbocycles. The average Bonchev–Trinajstić information content (AvgIpc) is 2.94. The maximum atomic E-state index is 12.7. The second-order valence-electron chi connectivity index (χ2n) is 6.28. The molecule has 7 heteroatoms. The number of urea groups is 1. The van der Waals surface area contributed by atoms with Gasteiger partial charge in [-0.1, -0.05) is 0 Å². The van der Waals surface area contributed by atoms with Crippen LogP contribution in [0.4, 0.5) is 10.5 Å². The average molecular weight is 346 g/mol. The van der Waals surface area contributed by atoms with Gasteiger partial charge in [-0.05, 0) is 44.7 Å². The molecule has 0 bridgehead atoms. The summed E-state index contributed by atoms with van der Waals surface area (Å²) in [5.74, 6) is 0. The molecule has 0 unspecified atom stereocenters. The molecule has 3 rings (SSSR count). The molecule has 0 aliphatic heterocycles. The van der Waals surface area contributed by atoms with E-state index >= 15 is 0 Å². The fraction of sp³-hybridized carbons (Fsp3) is 0.471. The summed E-state index contributed by atoms with van der Waals surface area (Å²) in [4.78, 5) is 32.4. The summed E-state index contributed by atoms with van der Waals surface area (Å²) in [6.45, 7) is 3.82. The summed E-state index contributed by atoms with van der Waals surface area (Å²) in [6.07, 6.45) is 4.61. The Balaban J connectivity index is 1.84. The van der Waals surface area contributed by atoms with Crippen molar-refractivity contribution in [3.8, 4) is 0 Å². The highest BCUT2D eigenvalue weighted by Crippen LogP contribution is 2.37. The second kappa shape index (κ2) is 6.39. The van der Waals surface area contributed by atoms with Gasteiger partial charge in [-0.25, -0.2) is 9.78 Å². The fourth-order valence-corrected chi connectivity index (χ4v) is 4.25. The smallest absolute Gasteiger partial charge is 0.320 e. The van der Waals surface area contributed by atoms with E-state index in [0.29, 0.717) is 5.69 Å². The van der Waals surface area contributed by atoms with Crippen LogP contribution in [-0.2, 0) is 13.5 Å². The lowest BCUT2D eigenvalue weighted by Gasteiger charge is -2.30. The zero-order chi connectivity index (χ0) is 17.4. The minimum atomic E-state index is -0.259. The predicted octanol–water partition coefficient (Wildman–Crippen LogP) is 3.00. The molecule has 0 saturated carbocycles. The molecule has 1 N–H and O–H groups in total. The molecule has 1 aliphatic rings. The number of anilines is 1. The lowest BCUT2D eigenvalue weighted by molar-refractivity contribution is 0.198. The molecule has 0 aromatic carbocycles. The number of hydrogen-bond donors (Lipinski definition) is 1. The lowest BCUT2D eigenvalue weighted by atomic mass is 9.97. The van der Waals surface area contributed by atoms with E-state index in [2.05, 4.69) is 10.3 Å². The van der Waals surface area contributed by atoms with Crippen LogP contribution in [0.5, 0.6) is 0 Å². The third-order valence-corrected chi connectivity index (χ3v) is 5.64. The van der Waals surface area contributed by atoms with Crippen molar-refractivity contribution in [2.75, 3.05) is 12.4 Å². The van der Waals surface area contributed by atoms with Crippen molar-refractivity contribution in [1.82, 2.24) is 14.5 Å². The first-order valence-corrected chi connectivity index (χ1v) is 8.86. The molecule has 0 fully saturated rings. The molecular weight excluding hydrogens is 324 g/mol. The van der Waals surface area contributed by atoms with E-state index < -0.39 is 0 Å². The first-order valence-electron chi connectivity index (χ1n) is 8.04. The molecule has 2 aromatic rings. The number of nitrogens with one attached hydrogen (secondary N) is 1. The standard InChI is InChI=1S/C17H22N4O2S/c1-10-8-9-20(3)16(22)14(10)19-17(23)21(4)13-7-5-6-12-15(13)24-11(2)18-12/h8-9,13H,5-7H2,1-4H3,(H,19,23)/t13-/m1/s1. The van der Waals surface area contributed by atoms with Crippen LogP contribution in [0, 0.1) is 13.8 Å². The summed E-state index contributed by atoms with van der Waals surface area (Å²) < 4.78 is 1.47. The summed E-state index contributed by atoms with van der Waals surface area (Å²) >= 11 is 1.66. The van der Waals surface area contributed by atoms with Crippen LogP contribution < -0.4 is 10.9 Å². The predicted molar refractivity (Wildman–Crippen MR) is 95.7 cm³/mol. The van der Waals surface area contributed by atoms with Gasteiger partial charge < -0.3 is 14.8 Å². The Morgan fingerprint density at radius 1 is 1.46 bits per heavy atom. The molecule has 2 heterocycles. The third kappa shape index (κ3) is 2.96. The molecule has 0 radical (unpaired) electrons. The van der Waals surface area contributed by atoms with Crippen LogP contribution in [0.25, 0.3) is 0 Å². The van der Waals surface area contributed by atoms with E-state index in [4.69, 9.17) is 0 Å². The highest BCUT2D eigenvalue weighted by molar-refractivity contribution is 7.11. The molecular formula is C17H22N4O2S. The molecule has 0 spiro atoms. The number of thiazole rings is 1. The number of carbonyl (C=O) groups excluding carboxylic acids is 1. The summed E-state index contributed by atoms with van der Waals surface area (Å²) in [6, 6.07) is 1.58. The number of carbonyl (C=O) groups is 1. The van der Waals surface area contributed by atoms with Crippen molar-refractivity contribution >= 4 is 23.1 Å². The number of hydrogen-bond acceptors (Lipinski definition) is 4. The van der Waals surface area contributed by atoms with E-state index in [9.17, 15) is 9.59 Å². The van der Waals surface area contributed by atoms with E-state index in [1.807, 2.05) is 19.9 Å². The van der Waals surface area contributed by atoms with Gasteiger partial charge in [-0.15, -0.1) is 11.3 Å². The Hall–Kier alpha value is -2.15. The van der Waals surface area contributed by atoms with Crippen molar-refractivity contribution in [1.29, 1.82) is 0 Å². The van der Waals surface area contributed by atoms with Crippen LogP contribution in [0.1, 0.15) is 40.0 Å². The number of aryl methyl sites for hydroxylation is 4. The SMILES string of the molecule is Cc1nc2c(s1)[C@H](N(C)C(=O)Nc1c(C)ccn(C)c1=O)CCC2. The zero-order valence-electron chi connectivity index (χ0n) is 14.4. The number of aromatic nitrogens is 2. The van der Waals surface area contributed by atoms with Gasteiger partial charge in [-0.2, -0.15) is 0 Å². The largest absolute Gasteiger partial charge is 0.322 e. The van der Waals surface area contributed by atoms with Gasteiger partial charge in [0.05, 0.1) is 21.6 Å². The number of rotatable bonds is 2. The molecule has 1 atom stereocenters. The van der Waals surface area contributed by atoms with Gasteiger partial charge in [0, 0.05) is 20.3 Å². The molecule has 2 amide bonds. The second-order valence-corrected chi connectivity index (χ2v) is 7.52. The van der Waals surface area contributed by atoms with Crippen LogP contribution in [0.3, 0.4) is 0 Å². The Kier molecular flexibility index (Phi) is 4.45. The maximum absolute atomic E-state index is 12.7. The quantitative estimate of drug-likeness (QED) is 0.909. The van der Waals surface area contributed by atoms with Crippen molar-refractivity contribution in [3.63, 3.8) is 0 Å². The van der Waals surface area contributed by atoms with E-state index in [1.54, 1.807) is 36.5 Å². The number of pyridine rings is 1. The van der Waals surface area contributed by atoms with Crippen LogP contribution >= 0.6 is 11.3 Å². The van der Waals surface area contributed by atoms with Crippen LogP contribution in [0.2, 0.25) is 0 Å². The third-order valence-electron chi connectivity index (χ3n) is 4.52. The molecule has 24 heavy (non-hydrogen) atoms. The zero-order valence-corrected chi connectivity index (χ0v) is 15.2. The highest BCUT2D eigenvalue weighted by Gasteiger charge is 2.30. The van der Waals surface area contributed by atoms with Crippen molar-refractivity contribution in [2.45, 2.75) is 39.2 Å². The Bertz CT molecular complexity index is 840. The molecule has 0 saturated heterocycles. The monoisotopic (exact) mass is 346 g/mol. The highest BCUT2D eigenvalue weighted by atomic mass is 32.1. The first kappa shape index (κ1) is 16.7. The Morgan fingerprint density at radius 3 is 2.96 bits per heavy atom. The lowest BCUT2D eigenvalue weighted by Crippen LogP contribution is -2.38. The molecule has 2 aromatic heterocycles. The van der Waals surface area contributed by atoms with Crippen LogP contribution in [-0.4, -0.2) is 27.5 Å². The van der Waals surface area contributed by atoms with Crippen molar-refractivity contribution < 1.29 is 4.79 Å². The summed E-state index contributed by atoms with van der Waals surface area (Å²) in [5.41, 5.74) is 2.01. The van der Waals surface area contributed by atoms with Crippen LogP contribution in [0.15, 0.2) is 17.1 Å². The summed E-state index contributed by atoms with van der Waals surface area (Å²) in [7, 11) is 3.46.